The Morgan fingerprint density at radius 2 is 2.23 bits per heavy atom. The van der Waals surface area contributed by atoms with Crippen molar-refractivity contribution in [3.8, 4) is 0 Å². The van der Waals surface area contributed by atoms with Crippen molar-refractivity contribution in [3.05, 3.63) is 0 Å². The summed E-state index contributed by atoms with van der Waals surface area (Å²) in [5.74, 6) is 1.07. The van der Waals surface area contributed by atoms with Crippen LogP contribution in [0.1, 0.15) is 33.1 Å². The number of carbonyl (C=O) groups excluding carboxylic acids is 1. The van der Waals surface area contributed by atoms with E-state index in [1.165, 1.54) is 12.8 Å². The topological polar surface area (TPSA) is 32.3 Å². The zero-order chi connectivity index (χ0) is 9.42. The van der Waals surface area contributed by atoms with Crippen LogP contribution in [0.2, 0.25) is 0 Å². The van der Waals surface area contributed by atoms with Crippen molar-refractivity contribution in [1.29, 1.82) is 0 Å². The van der Waals surface area contributed by atoms with Crippen molar-refractivity contribution in [3.63, 3.8) is 0 Å². The number of hydrogen-bond acceptors (Lipinski definition) is 2. The summed E-state index contributed by atoms with van der Waals surface area (Å²) >= 11 is 0. The zero-order valence-corrected chi connectivity index (χ0v) is 8.42. The predicted octanol–water partition coefficient (Wildman–Crippen LogP) is 0.953. The van der Waals surface area contributed by atoms with Gasteiger partial charge in [0.25, 0.3) is 0 Å². The summed E-state index contributed by atoms with van der Waals surface area (Å²) in [7, 11) is 0. The summed E-state index contributed by atoms with van der Waals surface area (Å²) < 4.78 is 0. The predicted molar refractivity (Wildman–Crippen MR) is 51.1 cm³/mol. The maximum absolute atomic E-state index is 11.5. The fraction of sp³-hybridized carbons (Fsp3) is 0.900. The molecule has 74 valence electrons. The van der Waals surface area contributed by atoms with E-state index in [4.69, 9.17) is 0 Å². The summed E-state index contributed by atoms with van der Waals surface area (Å²) in [6, 6.07) is 0.553. The summed E-state index contributed by atoms with van der Waals surface area (Å²) in [6.45, 7) is 4.89. The van der Waals surface area contributed by atoms with E-state index >= 15 is 0 Å². The standard InChI is InChI=1S/C10H18N2O/c1-3-7-5-8(7)12-9(4-2)11-6-10(12)13/h7-9,11H,3-6H2,1-2H3. The van der Waals surface area contributed by atoms with Crippen molar-refractivity contribution in [2.45, 2.75) is 45.3 Å². The average molecular weight is 182 g/mol. The Kier molecular flexibility index (Phi) is 2.28. The first kappa shape index (κ1) is 9.00. The van der Waals surface area contributed by atoms with Crippen molar-refractivity contribution in [1.82, 2.24) is 10.2 Å². The van der Waals surface area contributed by atoms with E-state index in [1.54, 1.807) is 0 Å². The Balaban J connectivity index is 2.00. The molecule has 3 nitrogen and oxygen atoms in total. The first-order valence-electron chi connectivity index (χ1n) is 5.32. The van der Waals surface area contributed by atoms with Gasteiger partial charge in [-0.25, -0.2) is 0 Å². The second-order valence-electron chi connectivity index (χ2n) is 4.08. The van der Waals surface area contributed by atoms with Crippen molar-refractivity contribution in [2.75, 3.05) is 6.54 Å². The molecule has 2 rings (SSSR count). The molecule has 2 aliphatic rings. The summed E-state index contributed by atoms with van der Waals surface area (Å²) in [5, 5.41) is 3.25. The van der Waals surface area contributed by atoms with Crippen molar-refractivity contribution < 1.29 is 4.79 Å². The van der Waals surface area contributed by atoms with E-state index in [1.807, 2.05) is 0 Å². The molecule has 1 heterocycles. The van der Waals surface area contributed by atoms with Crippen LogP contribution in [-0.2, 0) is 4.79 Å². The van der Waals surface area contributed by atoms with Crippen LogP contribution in [0.5, 0.6) is 0 Å². The molecule has 0 radical (unpaired) electrons. The third-order valence-electron chi connectivity index (χ3n) is 3.27. The molecule has 0 aromatic heterocycles. The maximum atomic E-state index is 11.5. The van der Waals surface area contributed by atoms with Gasteiger partial charge in [-0.2, -0.15) is 0 Å². The van der Waals surface area contributed by atoms with Gasteiger partial charge < -0.3 is 4.90 Å². The normalized spacial score (nSPS) is 38.5. The molecule has 1 saturated heterocycles. The Morgan fingerprint density at radius 3 is 2.77 bits per heavy atom. The second kappa shape index (κ2) is 3.29. The minimum Gasteiger partial charge on any atom is -0.323 e. The largest absolute Gasteiger partial charge is 0.323 e. The van der Waals surface area contributed by atoms with Crippen molar-refractivity contribution >= 4 is 5.91 Å². The van der Waals surface area contributed by atoms with Crippen LogP contribution in [0.15, 0.2) is 0 Å². The fourth-order valence-corrected chi connectivity index (χ4v) is 2.34. The first-order chi connectivity index (χ1) is 6.27. The molecule has 1 N–H and O–H groups in total. The molecule has 0 bridgehead atoms. The Hall–Kier alpha value is -0.570. The molecule has 3 heteroatoms. The van der Waals surface area contributed by atoms with Crippen LogP contribution >= 0.6 is 0 Å². The van der Waals surface area contributed by atoms with E-state index < -0.39 is 0 Å². The number of nitrogens with zero attached hydrogens (tertiary/aromatic N) is 1. The highest BCUT2D eigenvalue weighted by molar-refractivity contribution is 5.81. The van der Waals surface area contributed by atoms with Gasteiger partial charge in [0, 0.05) is 6.04 Å². The molecule has 3 unspecified atom stereocenters. The average Bonchev–Trinajstić information content (AvgIpc) is 2.82. The summed E-state index contributed by atoms with van der Waals surface area (Å²) in [6.07, 6.45) is 3.78. The molecule has 1 aliphatic carbocycles. The molecule has 1 aliphatic heterocycles. The highest BCUT2D eigenvalue weighted by atomic mass is 16.2. The smallest absolute Gasteiger partial charge is 0.238 e. The van der Waals surface area contributed by atoms with E-state index in [-0.39, 0.29) is 0 Å². The Bertz CT molecular complexity index is 217. The van der Waals surface area contributed by atoms with Gasteiger partial charge in [-0.15, -0.1) is 0 Å². The molecule has 0 aromatic rings. The van der Waals surface area contributed by atoms with Gasteiger partial charge in [0.1, 0.15) is 0 Å². The lowest BCUT2D eigenvalue weighted by atomic mass is 10.3. The number of hydrogen-bond donors (Lipinski definition) is 1. The molecule has 2 fully saturated rings. The number of rotatable bonds is 3. The monoisotopic (exact) mass is 182 g/mol. The molecule has 0 spiro atoms. The third-order valence-corrected chi connectivity index (χ3v) is 3.27. The third kappa shape index (κ3) is 1.46. The molecule has 1 amide bonds. The van der Waals surface area contributed by atoms with Crippen LogP contribution < -0.4 is 5.32 Å². The van der Waals surface area contributed by atoms with Crippen molar-refractivity contribution in [2.24, 2.45) is 5.92 Å². The molecule has 0 aromatic carbocycles. The van der Waals surface area contributed by atoms with Gasteiger partial charge in [0.2, 0.25) is 5.91 Å². The Morgan fingerprint density at radius 1 is 1.46 bits per heavy atom. The second-order valence-corrected chi connectivity index (χ2v) is 4.08. The van der Waals surface area contributed by atoms with Crippen LogP contribution in [-0.4, -0.2) is 29.6 Å². The molecular weight excluding hydrogens is 164 g/mol. The van der Waals surface area contributed by atoms with Crippen LogP contribution in [0.3, 0.4) is 0 Å². The summed E-state index contributed by atoms with van der Waals surface area (Å²) in [5.41, 5.74) is 0. The molecule has 13 heavy (non-hydrogen) atoms. The van der Waals surface area contributed by atoms with Gasteiger partial charge in [-0.3, -0.25) is 10.1 Å². The molecule has 3 atom stereocenters. The lowest BCUT2D eigenvalue weighted by Crippen LogP contribution is -2.39. The summed E-state index contributed by atoms with van der Waals surface area (Å²) in [4.78, 5) is 13.6. The van der Waals surface area contributed by atoms with Gasteiger partial charge in [-0.05, 0) is 18.8 Å². The number of amides is 1. The highest BCUT2D eigenvalue weighted by Crippen LogP contribution is 2.40. The van der Waals surface area contributed by atoms with Gasteiger partial charge in [-0.1, -0.05) is 20.3 Å². The van der Waals surface area contributed by atoms with E-state index in [0.717, 1.165) is 12.3 Å². The number of nitrogens with one attached hydrogen (secondary N) is 1. The fourth-order valence-electron chi connectivity index (χ4n) is 2.34. The van der Waals surface area contributed by atoms with E-state index in [0.29, 0.717) is 24.7 Å². The number of carbonyl (C=O) groups is 1. The van der Waals surface area contributed by atoms with E-state index in [9.17, 15) is 4.79 Å². The Labute approximate surface area is 79.5 Å². The van der Waals surface area contributed by atoms with E-state index in [2.05, 4.69) is 24.1 Å². The lowest BCUT2D eigenvalue weighted by Gasteiger charge is -2.23. The molecular formula is C10H18N2O. The zero-order valence-electron chi connectivity index (χ0n) is 8.42. The SMILES string of the molecule is CCC1CC1N1C(=O)CNC1CC. The first-order valence-corrected chi connectivity index (χ1v) is 5.32. The van der Waals surface area contributed by atoms with Gasteiger partial charge in [0.15, 0.2) is 0 Å². The lowest BCUT2D eigenvalue weighted by molar-refractivity contribution is -0.128. The van der Waals surface area contributed by atoms with Crippen LogP contribution in [0, 0.1) is 5.92 Å². The highest BCUT2D eigenvalue weighted by Gasteiger charge is 2.46. The maximum Gasteiger partial charge on any atom is 0.238 e. The minimum absolute atomic E-state index is 0.299. The molecule has 1 saturated carbocycles. The van der Waals surface area contributed by atoms with Gasteiger partial charge in [0.05, 0.1) is 12.7 Å². The quantitative estimate of drug-likeness (QED) is 0.705. The van der Waals surface area contributed by atoms with Gasteiger partial charge >= 0.3 is 0 Å². The minimum atomic E-state index is 0.299. The van der Waals surface area contributed by atoms with Crippen LogP contribution in [0.25, 0.3) is 0 Å². The van der Waals surface area contributed by atoms with Crippen LogP contribution in [0.4, 0.5) is 0 Å².